The maximum Gasteiger partial charge on any atom is 0.333 e. The van der Waals surface area contributed by atoms with E-state index in [0.29, 0.717) is 89.3 Å². The summed E-state index contributed by atoms with van der Waals surface area (Å²) in [6, 6.07) is 23.5. The Morgan fingerprint density at radius 1 is 0.812 bits per heavy atom. The standard InChI is InChI=1S/C52H55N5O10S2/c1-31(17-18-52(2,3)69-68-21-8-12-49(60)67-57-47(58)15-16-48(57)59)32-13-14-34-23-36-30-54-40-28-46(44(64-5)26-38(40)51(62)56(36)42(34)24-32)66-20-9-19-65-45-27-39-37(25-43(45)63-4)50(61)55-35(29-53-39)22-33-10-6-7-11-41(33)55/h6-7,10-11,13-16,24-29,35-36,54,58-59H,1,8-9,12,17-23,30H2,2-5H3. The second kappa shape index (κ2) is 20.1. The summed E-state index contributed by atoms with van der Waals surface area (Å²) >= 11 is 0. The smallest absolute Gasteiger partial charge is 0.333 e. The number of hydrogen-bond donors (Lipinski definition) is 3. The molecule has 2 unspecified atom stereocenters. The fourth-order valence-electron chi connectivity index (χ4n) is 9.04. The quantitative estimate of drug-likeness (QED) is 0.0528. The number of aliphatic imine (C=N–C) groups is 1. The summed E-state index contributed by atoms with van der Waals surface area (Å²) in [5.74, 6) is 1.12. The predicted octanol–water partition coefficient (Wildman–Crippen LogP) is 9.44. The fourth-order valence-corrected chi connectivity index (χ4v) is 11.7. The number of para-hydroxylation sites is 1. The highest BCUT2D eigenvalue weighted by atomic mass is 33.1. The van der Waals surface area contributed by atoms with E-state index in [1.807, 2.05) is 41.4 Å². The third-order valence-electron chi connectivity index (χ3n) is 12.7. The van der Waals surface area contributed by atoms with Crippen molar-refractivity contribution in [1.29, 1.82) is 0 Å². The molecule has 0 aliphatic carbocycles. The van der Waals surface area contributed by atoms with Crippen LogP contribution in [-0.4, -0.2) is 95.5 Å². The summed E-state index contributed by atoms with van der Waals surface area (Å²) in [5, 5.41) is 22.9. The van der Waals surface area contributed by atoms with Gasteiger partial charge in [-0.3, -0.25) is 19.5 Å². The fraction of sp³-hybridized carbons (Fsp3) is 0.346. The molecule has 5 heterocycles. The van der Waals surface area contributed by atoms with E-state index >= 15 is 0 Å². The van der Waals surface area contributed by atoms with E-state index in [1.54, 1.807) is 58.9 Å². The Morgan fingerprint density at radius 3 is 2.26 bits per heavy atom. The molecule has 5 aromatic rings. The van der Waals surface area contributed by atoms with Crippen molar-refractivity contribution in [2.75, 3.05) is 54.8 Å². The third kappa shape index (κ3) is 9.93. The molecule has 360 valence electrons. The first-order chi connectivity index (χ1) is 33.3. The Morgan fingerprint density at radius 2 is 1.51 bits per heavy atom. The van der Waals surface area contributed by atoms with Gasteiger partial charge in [0.15, 0.2) is 23.0 Å². The minimum absolute atomic E-state index is 0.0767. The lowest BCUT2D eigenvalue weighted by atomic mass is 9.96. The average molecular weight is 974 g/mol. The van der Waals surface area contributed by atoms with Crippen LogP contribution in [0.15, 0.2) is 90.4 Å². The van der Waals surface area contributed by atoms with Crippen molar-refractivity contribution in [2.45, 2.75) is 75.6 Å². The highest BCUT2D eigenvalue weighted by molar-refractivity contribution is 8.77. The van der Waals surface area contributed by atoms with E-state index < -0.39 is 5.97 Å². The largest absolute Gasteiger partial charge is 0.493 e. The lowest BCUT2D eigenvalue weighted by Gasteiger charge is -2.25. The van der Waals surface area contributed by atoms with Crippen LogP contribution in [0.2, 0.25) is 0 Å². The monoisotopic (exact) mass is 973 g/mol. The average Bonchev–Trinajstić information content (AvgIpc) is 3.96. The number of benzene rings is 4. The molecule has 4 aliphatic rings. The molecular formula is C52H55N5O10S2. The van der Waals surface area contributed by atoms with Crippen LogP contribution in [-0.2, 0) is 17.6 Å². The van der Waals surface area contributed by atoms with Gasteiger partial charge in [0.05, 0.1) is 62.0 Å². The number of aromatic nitrogens is 1. The molecule has 0 fully saturated rings. The van der Waals surface area contributed by atoms with Gasteiger partial charge >= 0.3 is 5.97 Å². The number of carbonyl (C=O) groups is 3. The molecule has 4 aromatic carbocycles. The van der Waals surface area contributed by atoms with Crippen LogP contribution < -0.4 is 38.9 Å². The number of methoxy groups -OCH3 is 2. The van der Waals surface area contributed by atoms with Crippen LogP contribution >= 0.6 is 21.6 Å². The number of allylic oxidation sites excluding steroid dienone is 1. The predicted molar refractivity (Wildman–Crippen MR) is 271 cm³/mol. The van der Waals surface area contributed by atoms with Crippen molar-refractivity contribution < 1.29 is 48.4 Å². The number of fused-ring (bicyclic) bond motifs is 8. The molecule has 17 heteroatoms. The minimum atomic E-state index is -0.541. The maximum atomic E-state index is 14.5. The molecule has 15 nitrogen and oxygen atoms in total. The minimum Gasteiger partial charge on any atom is -0.493 e. The van der Waals surface area contributed by atoms with Crippen LogP contribution in [0.1, 0.15) is 83.4 Å². The molecule has 4 aliphatic heterocycles. The van der Waals surface area contributed by atoms with E-state index in [9.17, 15) is 24.6 Å². The van der Waals surface area contributed by atoms with E-state index in [4.69, 9.17) is 28.8 Å². The SMILES string of the molecule is C=C(CCC(C)(C)SSCCCC(=O)On1c(O)ccc1O)c1ccc2c(c1)N1C(=O)c3cc(OC)c(OCCCOc4cc5c(cc4OC)C(=O)N4c6ccccc6CC4C=N5)cc3NCC1C2. The molecule has 69 heavy (non-hydrogen) atoms. The van der Waals surface area contributed by atoms with Crippen molar-refractivity contribution in [3.63, 3.8) is 0 Å². The van der Waals surface area contributed by atoms with Crippen LogP contribution in [0.4, 0.5) is 22.7 Å². The molecule has 0 spiro atoms. The molecule has 1 aromatic heterocycles. The normalized spacial score (nSPS) is 16.5. The van der Waals surface area contributed by atoms with Crippen molar-refractivity contribution in [3.05, 3.63) is 113 Å². The molecule has 0 saturated carbocycles. The van der Waals surface area contributed by atoms with Gasteiger partial charge in [0.1, 0.15) is 0 Å². The number of hydrogen-bond acceptors (Lipinski definition) is 14. The Bertz CT molecular complexity index is 2820. The molecular weight excluding hydrogens is 919 g/mol. The van der Waals surface area contributed by atoms with Crippen molar-refractivity contribution in [2.24, 2.45) is 4.99 Å². The van der Waals surface area contributed by atoms with Crippen molar-refractivity contribution in [1.82, 2.24) is 4.73 Å². The van der Waals surface area contributed by atoms with Crippen LogP contribution in [0.5, 0.6) is 34.8 Å². The highest BCUT2D eigenvalue weighted by Gasteiger charge is 2.39. The first-order valence-electron chi connectivity index (χ1n) is 23.0. The summed E-state index contributed by atoms with van der Waals surface area (Å²) in [6.07, 6.45) is 6.14. The molecule has 0 radical (unpaired) electrons. The molecule has 0 bridgehead atoms. The van der Waals surface area contributed by atoms with E-state index in [-0.39, 0.29) is 46.8 Å². The van der Waals surface area contributed by atoms with E-state index in [0.717, 1.165) is 58.7 Å². The number of nitrogens with one attached hydrogen (secondary N) is 1. The lowest BCUT2D eigenvalue weighted by Crippen LogP contribution is -2.39. The van der Waals surface area contributed by atoms with Crippen LogP contribution in [0.25, 0.3) is 5.57 Å². The van der Waals surface area contributed by atoms with Gasteiger partial charge in [-0.15, -0.1) is 4.73 Å². The van der Waals surface area contributed by atoms with Crippen LogP contribution in [0, 0.1) is 0 Å². The zero-order chi connectivity index (χ0) is 48.4. The summed E-state index contributed by atoms with van der Waals surface area (Å²) in [6.45, 7) is 9.99. The number of rotatable bonds is 19. The van der Waals surface area contributed by atoms with Gasteiger partial charge in [-0.1, -0.05) is 58.5 Å². The Kier molecular flexibility index (Phi) is 13.8. The number of anilines is 3. The molecule has 2 amide bonds. The summed E-state index contributed by atoms with van der Waals surface area (Å²) in [4.78, 5) is 53.9. The van der Waals surface area contributed by atoms with E-state index in [1.165, 1.54) is 12.1 Å². The zero-order valence-electron chi connectivity index (χ0n) is 39.0. The summed E-state index contributed by atoms with van der Waals surface area (Å²) in [7, 11) is 6.56. The number of ether oxygens (including phenoxy) is 4. The Hall–Kier alpha value is -6.72. The van der Waals surface area contributed by atoms with Crippen molar-refractivity contribution in [3.8, 4) is 34.8 Å². The number of amides is 2. The maximum absolute atomic E-state index is 14.5. The Balaban J connectivity index is 0.774. The van der Waals surface area contributed by atoms with Gasteiger partial charge in [0, 0.05) is 78.2 Å². The first kappa shape index (κ1) is 47.4. The molecule has 0 saturated heterocycles. The summed E-state index contributed by atoms with van der Waals surface area (Å²) in [5.41, 5.74) is 8.15. The summed E-state index contributed by atoms with van der Waals surface area (Å²) < 4.78 is 24.5. The van der Waals surface area contributed by atoms with Gasteiger partial charge in [-0.05, 0) is 86.1 Å². The van der Waals surface area contributed by atoms with Gasteiger partial charge < -0.3 is 44.2 Å². The lowest BCUT2D eigenvalue weighted by molar-refractivity contribution is -0.145. The number of nitrogens with zero attached hydrogens (tertiary/aromatic N) is 4. The van der Waals surface area contributed by atoms with Gasteiger partial charge in [-0.25, -0.2) is 4.79 Å². The van der Waals surface area contributed by atoms with Gasteiger partial charge in [0.2, 0.25) is 11.8 Å². The first-order valence-corrected chi connectivity index (χ1v) is 25.3. The number of carbonyl (C=O) groups excluding carboxylic acids is 3. The Labute approximate surface area is 408 Å². The van der Waals surface area contributed by atoms with Gasteiger partial charge in [-0.2, -0.15) is 0 Å². The topological polar surface area (TPSA) is 174 Å². The number of aromatic hydroxyl groups is 2. The zero-order valence-corrected chi connectivity index (χ0v) is 40.6. The second-order valence-corrected chi connectivity index (χ2v) is 21.0. The van der Waals surface area contributed by atoms with Crippen molar-refractivity contribution >= 4 is 73.9 Å². The molecule has 9 rings (SSSR count). The van der Waals surface area contributed by atoms with E-state index in [2.05, 4.69) is 43.9 Å². The van der Waals surface area contributed by atoms with Crippen LogP contribution in [0.3, 0.4) is 0 Å². The molecule has 2 atom stereocenters. The second-order valence-electron chi connectivity index (χ2n) is 17.9. The molecule has 3 N–H and O–H groups in total. The third-order valence-corrected chi connectivity index (χ3v) is 16.1. The van der Waals surface area contributed by atoms with Gasteiger partial charge in [0.25, 0.3) is 11.8 Å². The highest BCUT2D eigenvalue weighted by Crippen LogP contribution is 2.45.